The van der Waals surface area contributed by atoms with Crippen molar-refractivity contribution in [2.45, 2.75) is 12.5 Å². The third-order valence-corrected chi connectivity index (χ3v) is 2.71. The molecule has 0 aliphatic carbocycles. The number of aliphatic carboxylic acids is 1. The number of aliphatic hydroxyl groups excluding tert-OH is 1. The van der Waals surface area contributed by atoms with Crippen LogP contribution in [0.1, 0.15) is 5.56 Å². The number of carbonyl (C=O) groups is 1. The highest BCUT2D eigenvalue weighted by Gasteiger charge is 2.14. The van der Waals surface area contributed by atoms with Gasteiger partial charge in [0, 0.05) is 9.99 Å². The van der Waals surface area contributed by atoms with E-state index in [-0.39, 0.29) is 6.42 Å². The van der Waals surface area contributed by atoms with Gasteiger partial charge in [-0.3, -0.25) is 0 Å². The Hall–Kier alpha value is -0.620. The van der Waals surface area contributed by atoms with Gasteiger partial charge in [0.15, 0.2) is 6.10 Å². The van der Waals surface area contributed by atoms with Crippen molar-refractivity contribution < 1.29 is 15.0 Å². The van der Waals surface area contributed by atoms with E-state index >= 15 is 0 Å². The number of carboxylic acids is 1. The fourth-order valence-corrected chi connectivity index (χ4v) is 1.57. The lowest BCUT2D eigenvalue weighted by Gasteiger charge is -2.06. The summed E-state index contributed by atoms with van der Waals surface area (Å²) < 4.78 is 0.973. The maximum Gasteiger partial charge on any atom is 0.332 e. The first kappa shape index (κ1) is 10.5. The molecule has 1 aromatic carbocycles. The van der Waals surface area contributed by atoms with Crippen molar-refractivity contribution in [3.05, 3.63) is 33.4 Å². The number of benzene rings is 1. The molecule has 1 rings (SSSR count). The van der Waals surface area contributed by atoms with Crippen molar-refractivity contribution in [3.63, 3.8) is 0 Å². The van der Waals surface area contributed by atoms with E-state index in [1.54, 1.807) is 0 Å². The average molecular weight is 292 g/mol. The molecule has 0 aromatic heterocycles. The first-order chi connectivity index (χ1) is 6.11. The maximum atomic E-state index is 10.4. The minimum atomic E-state index is -1.31. The Balaban J connectivity index is 2.74. The molecule has 4 heteroatoms. The van der Waals surface area contributed by atoms with Crippen LogP contribution in [-0.2, 0) is 11.2 Å². The molecular formula is C9H9IO3. The molecule has 0 fully saturated rings. The van der Waals surface area contributed by atoms with Crippen LogP contribution >= 0.6 is 22.6 Å². The third kappa shape index (κ3) is 2.96. The van der Waals surface area contributed by atoms with Gasteiger partial charge >= 0.3 is 5.97 Å². The van der Waals surface area contributed by atoms with Crippen LogP contribution in [0.25, 0.3) is 0 Å². The molecule has 1 unspecified atom stereocenters. The Morgan fingerprint density at radius 1 is 1.46 bits per heavy atom. The summed E-state index contributed by atoms with van der Waals surface area (Å²) in [5, 5.41) is 17.6. The summed E-state index contributed by atoms with van der Waals surface area (Å²) in [5.74, 6) is -1.18. The number of hydrogen-bond donors (Lipinski definition) is 2. The molecule has 1 aromatic rings. The SMILES string of the molecule is O=C(O)C(O)Cc1ccccc1I. The van der Waals surface area contributed by atoms with E-state index in [4.69, 9.17) is 10.2 Å². The van der Waals surface area contributed by atoms with Gasteiger partial charge in [0.05, 0.1) is 0 Å². The standard InChI is InChI=1S/C9H9IO3/c10-7-4-2-1-3-6(7)5-8(11)9(12)13/h1-4,8,11H,5H2,(H,12,13). The van der Waals surface area contributed by atoms with Gasteiger partial charge in [0.25, 0.3) is 0 Å². The van der Waals surface area contributed by atoms with Gasteiger partial charge in [-0.05, 0) is 34.2 Å². The smallest absolute Gasteiger partial charge is 0.332 e. The van der Waals surface area contributed by atoms with E-state index in [1.165, 1.54) is 0 Å². The second-order valence-electron chi connectivity index (χ2n) is 2.65. The van der Waals surface area contributed by atoms with Gasteiger partial charge in [0.1, 0.15) is 0 Å². The number of aliphatic hydroxyl groups is 1. The van der Waals surface area contributed by atoms with Gasteiger partial charge in [0.2, 0.25) is 0 Å². The molecule has 3 nitrogen and oxygen atoms in total. The molecule has 0 amide bonds. The van der Waals surface area contributed by atoms with E-state index in [9.17, 15) is 4.79 Å². The topological polar surface area (TPSA) is 57.5 Å². The normalized spacial score (nSPS) is 12.5. The first-order valence-electron chi connectivity index (χ1n) is 3.75. The Bertz CT molecular complexity index is 311. The molecule has 0 aliphatic rings. The Morgan fingerprint density at radius 2 is 2.08 bits per heavy atom. The molecule has 1 atom stereocenters. The number of hydrogen-bond acceptors (Lipinski definition) is 2. The van der Waals surface area contributed by atoms with Gasteiger partial charge in [-0.25, -0.2) is 4.79 Å². The van der Waals surface area contributed by atoms with Crippen LogP contribution in [0.15, 0.2) is 24.3 Å². The highest BCUT2D eigenvalue weighted by Crippen LogP contribution is 2.13. The van der Waals surface area contributed by atoms with Crippen LogP contribution < -0.4 is 0 Å². The van der Waals surface area contributed by atoms with Crippen LogP contribution in [0.5, 0.6) is 0 Å². The number of halogens is 1. The van der Waals surface area contributed by atoms with Crippen molar-refractivity contribution in [2.24, 2.45) is 0 Å². The largest absolute Gasteiger partial charge is 0.479 e. The van der Waals surface area contributed by atoms with Gasteiger partial charge in [-0.1, -0.05) is 18.2 Å². The zero-order chi connectivity index (χ0) is 9.84. The third-order valence-electron chi connectivity index (χ3n) is 1.66. The highest BCUT2D eigenvalue weighted by atomic mass is 127. The summed E-state index contributed by atoms with van der Waals surface area (Å²) >= 11 is 2.11. The first-order valence-corrected chi connectivity index (χ1v) is 4.83. The van der Waals surface area contributed by atoms with Gasteiger partial charge < -0.3 is 10.2 Å². The summed E-state index contributed by atoms with van der Waals surface area (Å²) in [7, 11) is 0. The Kier molecular flexibility index (Phi) is 3.68. The molecule has 0 aliphatic heterocycles. The minimum Gasteiger partial charge on any atom is -0.479 e. The van der Waals surface area contributed by atoms with Crippen molar-refractivity contribution in [2.75, 3.05) is 0 Å². The van der Waals surface area contributed by atoms with E-state index in [0.717, 1.165) is 9.13 Å². The van der Waals surface area contributed by atoms with Crippen molar-refractivity contribution in [1.29, 1.82) is 0 Å². The zero-order valence-electron chi connectivity index (χ0n) is 6.77. The predicted octanol–water partition coefficient (Wildman–Crippen LogP) is 1.28. The second kappa shape index (κ2) is 4.57. The lowest BCUT2D eigenvalue weighted by atomic mass is 10.1. The second-order valence-corrected chi connectivity index (χ2v) is 3.81. The van der Waals surface area contributed by atoms with E-state index in [2.05, 4.69) is 22.6 Å². The summed E-state index contributed by atoms with van der Waals surface area (Å²) in [6.45, 7) is 0. The highest BCUT2D eigenvalue weighted by molar-refractivity contribution is 14.1. The summed E-state index contributed by atoms with van der Waals surface area (Å²) in [6.07, 6.45) is -1.15. The molecule has 2 N–H and O–H groups in total. The van der Waals surface area contributed by atoms with Crippen LogP contribution in [-0.4, -0.2) is 22.3 Å². The predicted molar refractivity (Wildman–Crippen MR) is 56.5 cm³/mol. The molecule has 13 heavy (non-hydrogen) atoms. The van der Waals surface area contributed by atoms with Crippen LogP contribution in [0.2, 0.25) is 0 Å². The molecule has 70 valence electrons. The van der Waals surface area contributed by atoms with Crippen LogP contribution in [0, 0.1) is 3.57 Å². The number of carboxylic acid groups (broad SMARTS) is 1. The summed E-state index contributed by atoms with van der Waals surface area (Å²) in [5.41, 5.74) is 0.859. The van der Waals surface area contributed by atoms with Crippen LogP contribution in [0.3, 0.4) is 0 Å². The molecule has 0 spiro atoms. The van der Waals surface area contributed by atoms with Crippen molar-refractivity contribution in [1.82, 2.24) is 0 Å². The quantitative estimate of drug-likeness (QED) is 0.825. The van der Waals surface area contributed by atoms with E-state index in [1.807, 2.05) is 24.3 Å². The van der Waals surface area contributed by atoms with Crippen molar-refractivity contribution in [3.8, 4) is 0 Å². The summed E-state index contributed by atoms with van der Waals surface area (Å²) in [6, 6.07) is 7.39. The fourth-order valence-electron chi connectivity index (χ4n) is 0.960. The lowest BCUT2D eigenvalue weighted by molar-refractivity contribution is -0.146. The average Bonchev–Trinajstić information content (AvgIpc) is 2.08. The molecule has 0 saturated carbocycles. The summed E-state index contributed by atoms with van der Waals surface area (Å²) in [4.78, 5) is 10.4. The molecule has 0 bridgehead atoms. The van der Waals surface area contributed by atoms with Crippen LogP contribution in [0.4, 0.5) is 0 Å². The molecule has 0 saturated heterocycles. The fraction of sp³-hybridized carbons (Fsp3) is 0.222. The Morgan fingerprint density at radius 3 is 2.62 bits per heavy atom. The minimum absolute atomic E-state index is 0.161. The zero-order valence-corrected chi connectivity index (χ0v) is 8.93. The monoisotopic (exact) mass is 292 g/mol. The maximum absolute atomic E-state index is 10.4. The Labute approximate surface area is 89.5 Å². The van der Waals surface area contributed by atoms with E-state index in [0.29, 0.717) is 0 Å². The molecular weight excluding hydrogens is 283 g/mol. The number of rotatable bonds is 3. The van der Waals surface area contributed by atoms with Crippen molar-refractivity contribution >= 4 is 28.6 Å². The van der Waals surface area contributed by atoms with Gasteiger partial charge in [-0.15, -0.1) is 0 Å². The molecule has 0 radical (unpaired) electrons. The lowest BCUT2D eigenvalue weighted by Crippen LogP contribution is -2.22. The molecule has 0 heterocycles. The van der Waals surface area contributed by atoms with Gasteiger partial charge in [-0.2, -0.15) is 0 Å². The van der Waals surface area contributed by atoms with E-state index < -0.39 is 12.1 Å².